The largest absolute Gasteiger partial charge is 0.432 e. The fraction of sp³-hybridized carbons (Fsp3) is 0.133. The van der Waals surface area contributed by atoms with Crippen molar-refractivity contribution in [3.05, 3.63) is 63.5 Å². The molecule has 0 fully saturated rings. The van der Waals surface area contributed by atoms with Crippen molar-refractivity contribution in [1.82, 2.24) is 20.0 Å². The second kappa shape index (κ2) is 7.00. The minimum atomic E-state index is -4.61. The van der Waals surface area contributed by atoms with Crippen molar-refractivity contribution in [3.8, 4) is 0 Å². The molecule has 0 unspecified atom stereocenters. The van der Waals surface area contributed by atoms with E-state index in [-0.39, 0.29) is 12.4 Å². The second-order valence-corrected chi connectivity index (χ2v) is 6.03. The lowest BCUT2D eigenvalue weighted by atomic mass is 10.2. The molecule has 1 amide bonds. The summed E-state index contributed by atoms with van der Waals surface area (Å²) in [6.07, 6.45) is -3.04. The molecule has 0 atom stereocenters. The molecule has 136 valence electrons. The Morgan fingerprint density at radius 1 is 1.23 bits per heavy atom. The van der Waals surface area contributed by atoms with Crippen molar-refractivity contribution in [2.24, 2.45) is 0 Å². The third kappa shape index (κ3) is 4.00. The molecule has 26 heavy (non-hydrogen) atoms. The molecular weight excluding hydrogens is 394 g/mol. The van der Waals surface area contributed by atoms with Crippen LogP contribution in [-0.4, -0.2) is 25.9 Å². The summed E-state index contributed by atoms with van der Waals surface area (Å²) in [5.74, 6) is -0.674. The molecule has 6 nitrogen and oxygen atoms in total. The van der Waals surface area contributed by atoms with Crippen molar-refractivity contribution in [2.75, 3.05) is 5.32 Å². The molecule has 0 saturated carbocycles. The number of aromatic nitrogens is 4. The van der Waals surface area contributed by atoms with E-state index in [1.807, 2.05) is 0 Å². The quantitative estimate of drug-likeness (QED) is 0.684. The second-order valence-electron chi connectivity index (χ2n) is 5.22. The molecule has 3 aromatic rings. The van der Waals surface area contributed by atoms with Gasteiger partial charge in [0.25, 0.3) is 5.91 Å². The fourth-order valence-corrected chi connectivity index (χ4v) is 2.64. The minimum Gasteiger partial charge on any atom is -0.304 e. The van der Waals surface area contributed by atoms with Crippen molar-refractivity contribution in [2.45, 2.75) is 12.7 Å². The van der Waals surface area contributed by atoms with Crippen molar-refractivity contribution in [1.29, 1.82) is 0 Å². The first kappa shape index (κ1) is 18.3. The van der Waals surface area contributed by atoms with Gasteiger partial charge in [-0.25, -0.2) is 0 Å². The Balaban J connectivity index is 1.70. The van der Waals surface area contributed by atoms with Crippen LogP contribution in [0.3, 0.4) is 0 Å². The van der Waals surface area contributed by atoms with Gasteiger partial charge < -0.3 is 5.32 Å². The predicted octanol–water partition coefficient (Wildman–Crippen LogP) is 4.23. The predicted molar refractivity (Wildman–Crippen MR) is 89.3 cm³/mol. The van der Waals surface area contributed by atoms with E-state index in [0.29, 0.717) is 21.7 Å². The van der Waals surface area contributed by atoms with Crippen LogP contribution >= 0.6 is 23.2 Å². The zero-order chi connectivity index (χ0) is 18.9. The van der Waals surface area contributed by atoms with Crippen molar-refractivity contribution < 1.29 is 18.0 Å². The van der Waals surface area contributed by atoms with Gasteiger partial charge in [-0.1, -0.05) is 29.3 Å². The zero-order valence-corrected chi connectivity index (χ0v) is 14.3. The maximum absolute atomic E-state index is 12.5. The molecule has 0 aliphatic heterocycles. The average Bonchev–Trinajstić information content (AvgIpc) is 3.20. The SMILES string of the molecule is O=C(Nc1ccn(Cc2c(Cl)cccc2Cl)n1)c1cc(C(F)(F)F)[nH]n1. The number of hydrogen-bond acceptors (Lipinski definition) is 3. The first-order chi connectivity index (χ1) is 12.2. The van der Waals surface area contributed by atoms with Gasteiger partial charge in [0.05, 0.1) is 6.54 Å². The highest BCUT2D eigenvalue weighted by Crippen LogP contribution is 2.28. The molecule has 0 bridgehead atoms. The number of amides is 1. The van der Waals surface area contributed by atoms with Crippen LogP contribution in [0.4, 0.5) is 19.0 Å². The van der Waals surface area contributed by atoms with E-state index >= 15 is 0 Å². The van der Waals surface area contributed by atoms with Gasteiger partial charge in [0, 0.05) is 33.9 Å². The van der Waals surface area contributed by atoms with Crippen LogP contribution in [0.2, 0.25) is 10.0 Å². The Morgan fingerprint density at radius 3 is 2.54 bits per heavy atom. The molecule has 0 radical (unpaired) electrons. The van der Waals surface area contributed by atoms with E-state index in [1.165, 1.54) is 10.7 Å². The van der Waals surface area contributed by atoms with Crippen LogP contribution in [0.25, 0.3) is 0 Å². The Bertz CT molecular complexity index is 931. The number of alkyl halides is 3. The summed E-state index contributed by atoms with van der Waals surface area (Å²) in [5, 5.41) is 12.5. The summed E-state index contributed by atoms with van der Waals surface area (Å²) in [6.45, 7) is 0.259. The molecular formula is C15H10Cl2F3N5O. The molecule has 2 heterocycles. The third-order valence-corrected chi connectivity index (χ3v) is 4.09. The molecule has 3 rings (SSSR count). The summed E-state index contributed by atoms with van der Waals surface area (Å²) in [4.78, 5) is 12.0. The van der Waals surface area contributed by atoms with Gasteiger partial charge >= 0.3 is 6.18 Å². The standard InChI is InChI=1S/C15H10Cl2F3N5O/c16-9-2-1-3-10(17)8(9)7-25-5-4-13(24-25)21-14(26)11-6-12(23-22-11)15(18,19)20/h1-6H,7H2,(H,22,23)(H,21,24,26). The summed E-state index contributed by atoms with van der Waals surface area (Å²) < 4.78 is 39.1. The van der Waals surface area contributed by atoms with Crippen molar-refractivity contribution in [3.63, 3.8) is 0 Å². The van der Waals surface area contributed by atoms with Gasteiger partial charge in [0.2, 0.25) is 0 Å². The topological polar surface area (TPSA) is 75.6 Å². The van der Waals surface area contributed by atoms with Gasteiger partial charge in [-0.05, 0) is 12.1 Å². The van der Waals surface area contributed by atoms with E-state index in [1.54, 1.807) is 29.5 Å². The molecule has 2 aromatic heterocycles. The molecule has 0 spiro atoms. The maximum Gasteiger partial charge on any atom is 0.432 e. The number of nitrogens with zero attached hydrogens (tertiary/aromatic N) is 3. The number of halogens is 5. The molecule has 0 saturated heterocycles. The highest BCUT2D eigenvalue weighted by molar-refractivity contribution is 6.35. The molecule has 0 aliphatic carbocycles. The lowest BCUT2D eigenvalue weighted by Crippen LogP contribution is -2.13. The summed E-state index contributed by atoms with van der Waals surface area (Å²) in [6, 6.07) is 7.19. The Kier molecular flexibility index (Phi) is 4.92. The summed E-state index contributed by atoms with van der Waals surface area (Å²) in [7, 11) is 0. The first-order valence-electron chi connectivity index (χ1n) is 7.14. The number of H-pyrrole nitrogens is 1. The number of carbonyl (C=O) groups is 1. The average molecular weight is 404 g/mol. The minimum absolute atomic E-state index is 0.148. The van der Waals surface area contributed by atoms with Gasteiger partial charge in [0.1, 0.15) is 5.69 Å². The van der Waals surface area contributed by atoms with Crippen LogP contribution in [0.1, 0.15) is 21.7 Å². The monoisotopic (exact) mass is 403 g/mol. The van der Waals surface area contributed by atoms with Crippen LogP contribution < -0.4 is 5.32 Å². The van der Waals surface area contributed by atoms with Crippen LogP contribution in [0.15, 0.2) is 36.5 Å². The smallest absolute Gasteiger partial charge is 0.304 e. The van der Waals surface area contributed by atoms with E-state index in [0.717, 1.165) is 0 Å². The number of rotatable bonds is 4. The number of aromatic amines is 1. The Morgan fingerprint density at radius 2 is 1.92 bits per heavy atom. The fourth-order valence-electron chi connectivity index (χ4n) is 2.13. The van der Waals surface area contributed by atoms with E-state index in [9.17, 15) is 18.0 Å². The van der Waals surface area contributed by atoms with Crippen LogP contribution in [0, 0.1) is 0 Å². The molecule has 11 heteroatoms. The molecule has 2 N–H and O–H groups in total. The van der Waals surface area contributed by atoms with E-state index in [4.69, 9.17) is 23.2 Å². The van der Waals surface area contributed by atoms with Gasteiger partial charge in [-0.2, -0.15) is 23.4 Å². The number of nitrogens with one attached hydrogen (secondary N) is 2. The van der Waals surface area contributed by atoms with Gasteiger partial charge in [-0.3, -0.25) is 14.6 Å². The normalized spacial score (nSPS) is 11.6. The van der Waals surface area contributed by atoms with E-state index < -0.39 is 23.5 Å². The third-order valence-electron chi connectivity index (χ3n) is 3.38. The maximum atomic E-state index is 12.5. The number of carbonyl (C=O) groups excluding carboxylic acids is 1. The van der Waals surface area contributed by atoms with Crippen LogP contribution in [-0.2, 0) is 12.7 Å². The summed E-state index contributed by atoms with van der Waals surface area (Å²) in [5.41, 5.74) is -0.860. The highest BCUT2D eigenvalue weighted by atomic mass is 35.5. The first-order valence-corrected chi connectivity index (χ1v) is 7.90. The lowest BCUT2D eigenvalue weighted by Gasteiger charge is -2.06. The zero-order valence-electron chi connectivity index (χ0n) is 12.8. The molecule has 1 aromatic carbocycles. The highest BCUT2D eigenvalue weighted by Gasteiger charge is 2.33. The van der Waals surface area contributed by atoms with Gasteiger partial charge in [0.15, 0.2) is 11.5 Å². The number of hydrogen-bond donors (Lipinski definition) is 2. The number of anilines is 1. The van der Waals surface area contributed by atoms with E-state index in [2.05, 4.69) is 15.5 Å². The number of benzene rings is 1. The molecule has 0 aliphatic rings. The van der Waals surface area contributed by atoms with Crippen molar-refractivity contribution >= 4 is 34.9 Å². The van der Waals surface area contributed by atoms with Crippen LogP contribution in [0.5, 0.6) is 0 Å². The summed E-state index contributed by atoms with van der Waals surface area (Å²) >= 11 is 12.2. The Hall–Kier alpha value is -2.52. The van der Waals surface area contributed by atoms with Gasteiger partial charge in [-0.15, -0.1) is 0 Å². The Labute approximate surface area is 154 Å². The lowest BCUT2D eigenvalue weighted by molar-refractivity contribution is -0.141.